The van der Waals surface area contributed by atoms with Crippen LogP contribution < -0.4 is 0 Å². The van der Waals surface area contributed by atoms with E-state index in [-0.39, 0.29) is 0 Å². The standard InChI is InChI=1S/C4H6.C3H4.CH3Cl/c1-3-4-2;1-3-2;1-2/h4H,1H2,2H3;1-2H2;1H3. The van der Waals surface area contributed by atoms with Gasteiger partial charge in [-0.1, -0.05) is 19.7 Å². The van der Waals surface area contributed by atoms with Gasteiger partial charge in [0.15, 0.2) is 0 Å². The molecule has 0 aromatic rings. The van der Waals surface area contributed by atoms with Crippen molar-refractivity contribution in [2.75, 3.05) is 6.38 Å². The molecular formula is C8H13Cl. The molecule has 0 aliphatic rings. The monoisotopic (exact) mass is 144 g/mol. The third-order valence-corrected chi connectivity index (χ3v) is 0.204. The largest absolute Gasteiger partial charge is 0.137 e. The molecule has 0 aliphatic heterocycles. The maximum Gasteiger partial charge on any atom is 0.0108 e. The van der Waals surface area contributed by atoms with Crippen LogP contribution in [0.4, 0.5) is 0 Å². The molecule has 9 heavy (non-hydrogen) atoms. The zero-order valence-corrected chi connectivity index (χ0v) is 6.83. The molecule has 0 nitrogen and oxygen atoms in total. The summed E-state index contributed by atoms with van der Waals surface area (Å²) >= 11 is 4.64. The van der Waals surface area contributed by atoms with E-state index in [9.17, 15) is 0 Å². The van der Waals surface area contributed by atoms with Crippen molar-refractivity contribution in [3.8, 4) is 0 Å². The molecule has 0 radical (unpaired) electrons. The van der Waals surface area contributed by atoms with Crippen molar-refractivity contribution in [1.82, 2.24) is 0 Å². The van der Waals surface area contributed by atoms with Crippen LogP contribution in [-0.2, 0) is 0 Å². The van der Waals surface area contributed by atoms with E-state index >= 15 is 0 Å². The van der Waals surface area contributed by atoms with E-state index in [0.717, 1.165) is 0 Å². The summed E-state index contributed by atoms with van der Waals surface area (Å²) < 4.78 is 0. The molecule has 0 unspecified atom stereocenters. The Bertz CT molecular complexity index is 91.1. The highest BCUT2D eigenvalue weighted by atomic mass is 35.5. The summed E-state index contributed by atoms with van der Waals surface area (Å²) in [5.41, 5.74) is 4.81. The summed E-state index contributed by atoms with van der Waals surface area (Å²) in [6.07, 6.45) is 3.24. The maximum absolute atomic E-state index is 4.64. The number of rotatable bonds is 0. The van der Waals surface area contributed by atoms with Crippen LogP contribution in [0.5, 0.6) is 0 Å². The van der Waals surface area contributed by atoms with Crippen LogP contribution in [0.15, 0.2) is 37.3 Å². The Morgan fingerprint density at radius 1 is 1.22 bits per heavy atom. The van der Waals surface area contributed by atoms with Crippen LogP contribution in [0, 0.1) is 0 Å². The smallest absolute Gasteiger partial charge is 0.0108 e. The molecule has 0 N–H and O–H groups in total. The Balaban J connectivity index is -0.0000000646. The van der Waals surface area contributed by atoms with Gasteiger partial charge in [-0.15, -0.1) is 23.1 Å². The van der Waals surface area contributed by atoms with E-state index in [4.69, 9.17) is 0 Å². The van der Waals surface area contributed by atoms with Gasteiger partial charge in [0.05, 0.1) is 0 Å². The molecular weight excluding hydrogens is 132 g/mol. The lowest BCUT2D eigenvalue weighted by Gasteiger charge is -1.37. The predicted molar refractivity (Wildman–Crippen MR) is 45.9 cm³/mol. The van der Waals surface area contributed by atoms with Crippen molar-refractivity contribution < 1.29 is 0 Å². The minimum Gasteiger partial charge on any atom is -0.137 e. The van der Waals surface area contributed by atoms with Crippen molar-refractivity contribution in [1.29, 1.82) is 0 Å². The third-order valence-electron chi connectivity index (χ3n) is 0.204. The van der Waals surface area contributed by atoms with Gasteiger partial charge in [0, 0.05) is 6.38 Å². The Morgan fingerprint density at radius 3 is 1.33 bits per heavy atom. The first-order valence-electron chi connectivity index (χ1n) is 2.30. The molecule has 0 amide bonds. The van der Waals surface area contributed by atoms with Gasteiger partial charge in [-0.2, -0.15) is 0 Å². The van der Waals surface area contributed by atoms with E-state index in [1.54, 1.807) is 6.08 Å². The van der Waals surface area contributed by atoms with Gasteiger partial charge < -0.3 is 0 Å². The molecule has 0 rings (SSSR count). The first-order valence-corrected chi connectivity index (χ1v) is 3.06. The van der Waals surface area contributed by atoms with Gasteiger partial charge in [-0.05, 0) is 13.0 Å². The van der Waals surface area contributed by atoms with E-state index < -0.39 is 0 Å². The van der Waals surface area contributed by atoms with E-state index in [1.807, 2.05) is 6.92 Å². The lowest BCUT2D eigenvalue weighted by atomic mass is 10.7. The molecule has 0 aromatic heterocycles. The first-order chi connectivity index (χ1) is 4.33. The quantitative estimate of drug-likeness (QED) is 0.362. The van der Waals surface area contributed by atoms with Crippen LogP contribution in [0.3, 0.4) is 0 Å². The van der Waals surface area contributed by atoms with E-state index in [2.05, 4.69) is 42.8 Å². The van der Waals surface area contributed by atoms with Crippen molar-refractivity contribution in [3.05, 3.63) is 37.3 Å². The second-order valence-electron chi connectivity index (χ2n) is 0.743. The molecule has 0 spiro atoms. The molecule has 0 fully saturated rings. The van der Waals surface area contributed by atoms with Gasteiger partial charge in [0.25, 0.3) is 0 Å². The molecule has 0 saturated heterocycles. The fourth-order valence-corrected chi connectivity index (χ4v) is 0. The summed E-state index contributed by atoms with van der Waals surface area (Å²) in [6, 6.07) is 0. The van der Waals surface area contributed by atoms with Crippen molar-refractivity contribution in [2.45, 2.75) is 6.92 Å². The molecule has 0 saturated carbocycles. The molecule has 0 bridgehead atoms. The average molecular weight is 145 g/mol. The zero-order chi connectivity index (χ0) is 8.12. The minimum absolute atomic E-state index is 1.47. The van der Waals surface area contributed by atoms with E-state index in [0.29, 0.717) is 0 Å². The molecule has 0 atom stereocenters. The molecule has 52 valence electrons. The lowest BCUT2D eigenvalue weighted by Crippen LogP contribution is -1.15. The minimum atomic E-state index is 1.47. The summed E-state index contributed by atoms with van der Waals surface area (Å²) in [7, 11) is 0. The van der Waals surface area contributed by atoms with Crippen LogP contribution in [0.1, 0.15) is 6.92 Å². The number of alkyl halides is 1. The summed E-state index contributed by atoms with van der Waals surface area (Å²) in [5, 5.41) is 0. The third kappa shape index (κ3) is 1910. The summed E-state index contributed by atoms with van der Waals surface area (Å²) in [6.45, 7) is 11.4. The van der Waals surface area contributed by atoms with Gasteiger partial charge >= 0.3 is 0 Å². The SMILES string of the molecule is C=C=C.C=C=CC.CCl. The second kappa shape index (κ2) is 54.1. The fraction of sp³-hybridized carbons (Fsp3) is 0.250. The van der Waals surface area contributed by atoms with E-state index in [1.165, 1.54) is 6.38 Å². The second-order valence-corrected chi connectivity index (χ2v) is 0.743. The van der Waals surface area contributed by atoms with Crippen molar-refractivity contribution >= 4 is 11.6 Å². The van der Waals surface area contributed by atoms with Crippen LogP contribution in [-0.4, -0.2) is 6.38 Å². The van der Waals surface area contributed by atoms with Crippen LogP contribution in [0.25, 0.3) is 0 Å². The highest BCUT2D eigenvalue weighted by Gasteiger charge is 1.24. The number of hydrogen-bond acceptors (Lipinski definition) is 0. The Kier molecular flexibility index (Phi) is 94.7. The highest BCUT2D eigenvalue weighted by Crippen LogP contribution is 1.46. The number of halogens is 1. The predicted octanol–water partition coefficient (Wildman–Crippen LogP) is 3.16. The van der Waals surface area contributed by atoms with Crippen molar-refractivity contribution in [3.63, 3.8) is 0 Å². The van der Waals surface area contributed by atoms with Crippen LogP contribution >= 0.6 is 11.6 Å². The normalized spacial score (nSPS) is 3.44. The average Bonchev–Trinajstić information content (AvgIpc) is 1.94. The molecule has 0 aromatic carbocycles. The van der Waals surface area contributed by atoms with Crippen molar-refractivity contribution in [2.24, 2.45) is 0 Å². The van der Waals surface area contributed by atoms with Gasteiger partial charge in [-0.25, -0.2) is 0 Å². The Hall–Kier alpha value is -0.670. The summed E-state index contributed by atoms with van der Waals surface area (Å²) in [4.78, 5) is 0. The molecule has 0 aliphatic carbocycles. The molecule has 1 heteroatoms. The highest BCUT2D eigenvalue weighted by molar-refractivity contribution is 6.15. The first kappa shape index (κ1) is 15.8. The number of hydrogen-bond donors (Lipinski definition) is 0. The van der Waals surface area contributed by atoms with Gasteiger partial charge in [0.2, 0.25) is 0 Å². The fourth-order valence-electron chi connectivity index (χ4n) is 0. The number of allylic oxidation sites excluding steroid dienone is 1. The lowest BCUT2D eigenvalue weighted by molar-refractivity contribution is 1.78. The van der Waals surface area contributed by atoms with Gasteiger partial charge in [0.1, 0.15) is 0 Å². The molecule has 0 heterocycles. The topological polar surface area (TPSA) is 0 Å². The maximum atomic E-state index is 4.64. The Morgan fingerprint density at radius 2 is 1.33 bits per heavy atom. The Labute approximate surface area is 62.9 Å². The van der Waals surface area contributed by atoms with Gasteiger partial charge in [-0.3, -0.25) is 0 Å². The van der Waals surface area contributed by atoms with Crippen LogP contribution in [0.2, 0.25) is 0 Å². The summed E-state index contributed by atoms with van der Waals surface area (Å²) in [5.74, 6) is 0. The zero-order valence-electron chi connectivity index (χ0n) is 6.08.